The van der Waals surface area contributed by atoms with E-state index < -0.39 is 0 Å². The minimum atomic E-state index is 0.402. The molecule has 0 aliphatic carbocycles. The predicted molar refractivity (Wildman–Crippen MR) is 101 cm³/mol. The van der Waals surface area contributed by atoms with E-state index in [1.165, 1.54) is 0 Å². The molecule has 0 saturated carbocycles. The largest absolute Gasteiger partial charge is 0.384 e. The van der Waals surface area contributed by atoms with Crippen molar-refractivity contribution in [1.29, 1.82) is 0 Å². The quantitative estimate of drug-likeness (QED) is 0.575. The highest BCUT2D eigenvalue weighted by Crippen LogP contribution is 2.25. The van der Waals surface area contributed by atoms with Crippen molar-refractivity contribution in [2.45, 2.75) is 19.8 Å². The number of hydrogen-bond acceptors (Lipinski definition) is 5. The second-order valence-corrected chi connectivity index (χ2v) is 6.54. The van der Waals surface area contributed by atoms with E-state index in [0.717, 1.165) is 20.2 Å². The summed E-state index contributed by atoms with van der Waals surface area (Å²) in [7, 11) is 1.66. The molecule has 0 amide bonds. The maximum atomic E-state index is 6.15. The van der Waals surface area contributed by atoms with Gasteiger partial charge in [0.25, 0.3) is 0 Å². The van der Waals surface area contributed by atoms with Crippen molar-refractivity contribution in [3.63, 3.8) is 0 Å². The number of halogens is 1. The fourth-order valence-electron chi connectivity index (χ4n) is 2.48. The Kier molecular flexibility index (Phi) is 5.64. The summed E-state index contributed by atoms with van der Waals surface area (Å²) < 4.78 is 13.9. The molecule has 24 heavy (non-hydrogen) atoms. The zero-order valence-electron chi connectivity index (χ0n) is 13.4. The third-order valence-electron chi connectivity index (χ3n) is 3.61. The van der Waals surface area contributed by atoms with Gasteiger partial charge in [-0.25, -0.2) is 9.97 Å². The van der Waals surface area contributed by atoms with E-state index in [4.69, 9.17) is 15.2 Å². The number of ether oxygens (including phenoxy) is 2. The van der Waals surface area contributed by atoms with Gasteiger partial charge in [-0.3, -0.25) is 0 Å². The molecule has 1 aromatic carbocycles. The zero-order chi connectivity index (χ0) is 16.9. The summed E-state index contributed by atoms with van der Waals surface area (Å²) in [5.41, 5.74) is 8.96. The number of nitrogen functional groups attached to an aromatic ring is 1. The lowest BCUT2D eigenvalue weighted by molar-refractivity contribution is 0.0667. The number of nitrogens with two attached hydrogens (primary N) is 1. The molecule has 0 atom stereocenters. The van der Waals surface area contributed by atoms with Crippen LogP contribution in [0.5, 0.6) is 0 Å². The van der Waals surface area contributed by atoms with Crippen LogP contribution in [0, 0.1) is 3.57 Å². The molecule has 2 aromatic heterocycles. The summed E-state index contributed by atoms with van der Waals surface area (Å²) in [5.74, 6) is 1.17. The standard InChI is InChI=1S/C17H19IN4O2/c1-23-8-7-14-20-15-13(18)9-22(16(15)17(19)21-14)11-24-10-12-5-3-2-4-6-12/h2-6,9H,7-8,10-11H2,1H3,(H2,19,20,21). The molecule has 2 heterocycles. The lowest BCUT2D eigenvalue weighted by Gasteiger charge is -2.09. The average Bonchev–Trinajstić information content (AvgIpc) is 2.90. The summed E-state index contributed by atoms with van der Waals surface area (Å²) in [5, 5.41) is 0. The molecule has 126 valence electrons. The van der Waals surface area contributed by atoms with Crippen molar-refractivity contribution in [2.24, 2.45) is 0 Å². The molecule has 6 nitrogen and oxygen atoms in total. The highest BCUT2D eigenvalue weighted by atomic mass is 127. The fourth-order valence-corrected chi connectivity index (χ4v) is 3.19. The third kappa shape index (κ3) is 3.85. The van der Waals surface area contributed by atoms with Crippen molar-refractivity contribution in [1.82, 2.24) is 14.5 Å². The Bertz CT molecular complexity index is 820. The van der Waals surface area contributed by atoms with Crippen LogP contribution in [0.4, 0.5) is 5.82 Å². The summed E-state index contributed by atoms with van der Waals surface area (Å²) in [6.07, 6.45) is 2.63. The Labute approximate surface area is 154 Å². The van der Waals surface area contributed by atoms with Crippen LogP contribution in [0.3, 0.4) is 0 Å². The summed E-state index contributed by atoms with van der Waals surface area (Å²) in [6, 6.07) is 10.1. The van der Waals surface area contributed by atoms with Gasteiger partial charge in [-0.15, -0.1) is 0 Å². The van der Waals surface area contributed by atoms with E-state index in [1.807, 2.05) is 41.1 Å². The monoisotopic (exact) mass is 438 g/mol. The van der Waals surface area contributed by atoms with Gasteiger partial charge < -0.3 is 19.8 Å². The van der Waals surface area contributed by atoms with E-state index in [1.54, 1.807) is 7.11 Å². The van der Waals surface area contributed by atoms with Crippen LogP contribution in [0.2, 0.25) is 0 Å². The van der Waals surface area contributed by atoms with Gasteiger partial charge in [0.15, 0.2) is 5.82 Å². The first kappa shape index (κ1) is 17.1. The van der Waals surface area contributed by atoms with Crippen molar-refractivity contribution in [3.8, 4) is 0 Å². The molecule has 0 saturated heterocycles. The second-order valence-electron chi connectivity index (χ2n) is 5.38. The van der Waals surface area contributed by atoms with Crippen LogP contribution < -0.4 is 5.73 Å². The molecule has 0 unspecified atom stereocenters. The van der Waals surface area contributed by atoms with E-state index in [9.17, 15) is 0 Å². The van der Waals surface area contributed by atoms with Gasteiger partial charge in [0.2, 0.25) is 0 Å². The number of anilines is 1. The van der Waals surface area contributed by atoms with Gasteiger partial charge >= 0.3 is 0 Å². The lowest BCUT2D eigenvalue weighted by Crippen LogP contribution is -2.07. The summed E-state index contributed by atoms with van der Waals surface area (Å²) >= 11 is 2.26. The van der Waals surface area contributed by atoms with Gasteiger partial charge in [-0.2, -0.15) is 0 Å². The number of benzene rings is 1. The van der Waals surface area contributed by atoms with Crippen LogP contribution in [-0.4, -0.2) is 28.3 Å². The molecule has 3 rings (SSSR count). The Morgan fingerprint density at radius 3 is 2.75 bits per heavy atom. The van der Waals surface area contributed by atoms with E-state index in [0.29, 0.717) is 38.0 Å². The first-order chi connectivity index (χ1) is 11.7. The highest BCUT2D eigenvalue weighted by molar-refractivity contribution is 14.1. The molecule has 3 aromatic rings. The van der Waals surface area contributed by atoms with E-state index in [2.05, 4.69) is 32.6 Å². The van der Waals surface area contributed by atoms with Crippen molar-refractivity contribution in [2.75, 3.05) is 19.5 Å². The van der Waals surface area contributed by atoms with Gasteiger partial charge in [0, 0.05) is 19.7 Å². The molecule has 0 radical (unpaired) electrons. The van der Waals surface area contributed by atoms with E-state index >= 15 is 0 Å². The fraction of sp³-hybridized carbons (Fsp3) is 0.294. The first-order valence-electron chi connectivity index (χ1n) is 7.60. The normalized spacial score (nSPS) is 11.2. The maximum absolute atomic E-state index is 6.15. The Morgan fingerprint density at radius 2 is 2.00 bits per heavy atom. The molecular formula is C17H19IN4O2. The number of hydrogen-bond donors (Lipinski definition) is 1. The van der Waals surface area contributed by atoms with Crippen LogP contribution in [-0.2, 0) is 29.2 Å². The molecule has 2 N–H and O–H groups in total. The lowest BCUT2D eigenvalue weighted by atomic mass is 10.2. The first-order valence-corrected chi connectivity index (χ1v) is 8.68. The molecule has 0 fully saturated rings. The van der Waals surface area contributed by atoms with E-state index in [-0.39, 0.29) is 0 Å². The Hall–Kier alpha value is -1.71. The smallest absolute Gasteiger partial charge is 0.151 e. The summed E-state index contributed by atoms with van der Waals surface area (Å²) in [6.45, 7) is 1.52. The number of fused-ring (bicyclic) bond motifs is 1. The molecule has 0 aliphatic rings. The summed E-state index contributed by atoms with van der Waals surface area (Å²) in [4.78, 5) is 8.99. The number of rotatable bonds is 7. The van der Waals surface area contributed by atoms with Crippen molar-refractivity contribution >= 4 is 39.4 Å². The number of nitrogens with zero attached hydrogens (tertiary/aromatic N) is 3. The van der Waals surface area contributed by atoms with Crippen LogP contribution >= 0.6 is 22.6 Å². The van der Waals surface area contributed by atoms with Gasteiger partial charge in [0.05, 0.1) is 16.8 Å². The van der Waals surface area contributed by atoms with Crippen LogP contribution in [0.1, 0.15) is 11.4 Å². The molecule has 0 aliphatic heterocycles. The average molecular weight is 438 g/mol. The maximum Gasteiger partial charge on any atom is 0.151 e. The van der Waals surface area contributed by atoms with Crippen LogP contribution in [0.15, 0.2) is 36.5 Å². The molecule has 0 spiro atoms. The Morgan fingerprint density at radius 1 is 1.21 bits per heavy atom. The minimum absolute atomic E-state index is 0.402. The van der Waals surface area contributed by atoms with Gasteiger partial charge in [-0.1, -0.05) is 30.3 Å². The number of aromatic nitrogens is 3. The second kappa shape index (κ2) is 7.91. The SMILES string of the molecule is COCCc1nc(N)c2c(n1)c(I)cn2COCc1ccccc1. The van der Waals surface area contributed by atoms with Gasteiger partial charge in [0.1, 0.15) is 23.6 Å². The van der Waals surface area contributed by atoms with Crippen molar-refractivity contribution < 1.29 is 9.47 Å². The zero-order valence-corrected chi connectivity index (χ0v) is 15.6. The molecular weight excluding hydrogens is 419 g/mol. The molecule has 7 heteroatoms. The highest BCUT2D eigenvalue weighted by Gasteiger charge is 2.14. The van der Waals surface area contributed by atoms with Crippen molar-refractivity contribution in [3.05, 3.63) is 51.5 Å². The third-order valence-corrected chi connectivity index (χ3v) is 4.40. The Balaban J connectivity index is 1.78. The predicted octanol–water partition coefficient (Wildman–Crippen LogP) is 2.98. The number of methoxy groups -OCH3 is 1. The topological polar surface area (TPSA) is 75.2 Å². The molecule has 0 bridgehead atoms. The van der Waals surface area contributed by atoms with Crippen LogP contribution in [0.25, 0.3) is 11.0 Å². The minimum Gasteiger partial charge on any atom is -0.384 e. The van der Waals surface area contributed by atoms with Gasteiger partial charge in [-0.05, 0) is 28.2 Å².